The summed E-state index contributed by atoms with van der Waals surface area (Å²) >= 11 is 6.25. The van der Waals surface area contributed by atoms with Crippen LogP contribution in [-0.4, -0.2) is 24.6 Å². The molecule has 0 spiro atoms. The lowest BCUT2D eigenvalue weighted by Crippen LogP contribution is -2.22. The highest BCUT2D eigenvalue weighted by Crippen LogP contribution is 2.36. The number of rotatable bonds is 6. The zero-order chi connectivity index (χ0) is 22.8. The number of hydrogen-bond acceptors (Lipinski definition) is 7. The molecule has 162 valence electrons. The van der Waals surface area contributed by atoms with Crippen LogP contribution in [0, 0.1) is 23.1 Å². The Kier molecular flexibility index (Phi) is 5.88. The Labute approximate surface area is 188 Å². The van der Waals surface area contributed by atoms with Crippen molar-refractivity contribution in [2.24, 2.45) is 5.92 Å². The molecule has 0 amide bonds. The minimum absolute atomic E-state index is 0.0831. The van der Waals surface area contributed by atoms with E-state index in [2.05, 4.69) is 45.3 Å². The minimum Gasteiger partial charge on any atom is -0.382 e. The van der Waals surface area contributed by atoms with E-state index in [4.69, 9.17) is 17.3 Å². The van der Waals surface area contributed by atoms with Gasteiger partial charge in [0, 0.05) is 11.1 Å². The molecule has 1 aromatic carbocycles. The lowest BCUT2D eigenvalue weighted by molar-refractivity contribution is 0.480. The van der Waals surface area contributed by atoms with Crippen LogP contribution < -0.4 is 11.1 Å². The van der Waals surface area contributed by atoms with Gasteiger partial charge in [0.05, 0.1) is 17.9 Å². The number of nitrogens with zero attached hydrogens (tertiary/aromatic N) is 6. The molecule has 0 aliphatic carbocycles. The van der Waals surface area contributed by atoms with E-state index in [-0.39, 0.29) is 29.2 Å². The first-order valence-electron chi connectivity index (χ1n) is 10.00. The van der Waals surface area contributed by atoms with E-state index in [1.54, 1.807) is 12.1 Å². The smallest absolute Gasteiger partial charge is 0.155 e. The molecule has 0 saturated carbocycles. The maximum atomic E-state index is 14.1. The minimum atomic E-state index is -0.379. The molecule has 8 nitrogen and oxygen atoms in total. The highest BCUT2D eigenvalue weighted by Gasteiger charge is 2.26. The molecule has 1 unspecified atom stereocenters. The molecule has 0 bridgehead atoms. The molecular formula is C22H20ClFN8. The van der Waals surface area contributed by atoms with Gasteiger partial charge in [0.2, 0.25) is 0 Å². The second-order valence-electron chi connectivity index (χ2n) is 7.41. The van der Waals surface area contributed by atoms with Gasteiger partial charge in [-0.25, -0.2) is 23.9 Å². The number of nitrogens with one attached hydrogen (secondary N) is 1. The van der Waals surface area contributed by atoms with Crippen LogP contribution in [0.2, 0.25) is 5.15 Å². The SMILES string of the molecule is CCC(C)[C@@H](Nc1ncnc(N)c1C#N)c1cc2ncc(Cl)n2nc1-c1cccc(F)c1. The number of nitrogen functional groups attached to an aromatic ring is 1. The van der Waals surface area contributed by atoms with E-state index in [1.165, 1.54) is 29.2 Å². The van der Waals surface area contributed by atoms with Crippen LogP contribution >= 0.6 is 11.6 Å². The third kappa shape index (κ3) is 3.92. The second-order valence-corrected chi connectivity index (χ2v) is 7.80. The van der Waals surface area contributed by atoms with Crippen LogP contribution in [0.15, 0.2) is 42.9 Å². The zero-order valence-corrected chi connectivity index (χ0v) is 18.2. The predicted octanol–water partition coefficient (Wildman–Crippen LogP) is 4.63. The van der Waals surface area contributed by atoms with Crippen molar-refractivity contribution in [1.29, 1.82) is 5.26 Å². The van der Waals surface area contributed by atoms with Crippen molar-refractivity contribution < 1.29 is 4.39 Å². The lowest BCUT2D eigenvalue weighted by atomic mass is 9.89. The van der Waals surface area contributed by atoms with Gasteiger partial charge in [-0.1, -0.05) is 44.0 Å². The summed E-state index contributed by atoms with van der Waals surface area (Å²) in [5.74, 6) is 0.110. The first-order chi connectivity index (χ1) is 15.4. The maximum absolute atomic E-state index is 14.1. The van der Waals surface area contributed by atoms with Gasteiger partial charge in [0.1, 0.15) is 35.4 Å². The van der Waals surface area contributed by atoms with Crippen molar-refractivity contribution in [2.45, 2.75) is 26.3 Å². The average molecular weight is 451 g/mol. The van der Waals surface area contributed by atoms with Gasteiger partial charge < -0.3 is 11.1 Å². The van der Waals surface area contributed by atoms with E-state index in [0.717, 1.165) is 12.0 Å². The first-order valence-corrected chi connectivity index (χ1v) is 10.4. The van der Waals surface area contributed by atoms with Gasteiger partial charge in [0.15, 0.2) is 10.8 Å². The third-order valence-electron chi connectivity index (χ3n) is 5.41. The van der Waals surface area contributed by atoms with E-state index in [9.17, 15) is 9.65 Å². The molecule has 0 fully saturated rings. The number of nitrogens with two attached hydrogens (primary N) is 1. The summed E-state index contributed by atoms with van der Waals surface area (Å²) in [4.78, 5) is 12.4. The summed E-state index contributed by atoms with van der Waals surface area (Å²) in [5.41, 5.74) is 8.47. The molecule has 0 saturated heterocycles. The Morgan fingerprint density at radius 2 is 2.09 bits per heavy atom. The Balaban J connectivity index is 1.94. The molecule has 0 radical (unpaired) electrons. The lowest BCUT2D eigenvalue weighted by Gasteiger charge is -2.27. The highest BCUT2D eigenvalue weighted by atomic mass is 35.5. The topological polar surface area (TPSA) is 118 Å². The Hall–Kier alpha value is -3.77. The average Bonchev–Trinajstić information content (AvgIpc) is 3.16. The van der Waals surface area contributed by atoms with E-state index < -0.39 is 0 Å². The second kappa shape index (κ2) is 8.77. The fraction of sp³-hybridized carbons (Fsp3) is 0.227. The number of hydrogen-bond donors (Lipinski definition) is 2. The molecule has 0 aliphatic heterocycles. The third-order valence-corrected chi connectivity index (χ3v) is 5.67. The predicted molar refractivity (Wildman–Crippen MR) is 120 cm³/mol. The van der Waals surface area contributed by atoms with Crippen molar-refractivity contribution in [2.75, 3.05) is 11.1 Å². The number of aromatic nitrogens is 5. The quantitative estimate of drug-likeness (QED) is 0.439. The molecule has 2 atom stereocenters. The van der Waals surface area contributed by atoms with Crippen LogP contribution in [0.3, 0.4) is 0 Å². The summed E-state index contributed by atoms with van der Waals surface area (Å²) in [6, 6.07) is 9.77. The van der Waals surface area contributed by atoms with Crippen LogP contribution in [0.5, 0.6) is 0 Å². The summed E-state index contributed by atoms with van der Waals surface area (Å²) < 4.78 is 15.6. The number of benzene rings is 1. The van der Waals surface area contributed by atoms with Crippen LogP contribution in [-0.2, 0) is 0 Å². The standard InChI is InChI=1S/C22H20ClFN8/c1-3-12(2)19(30-22-16(9-25)21(26)28-11-29-22)15-8-18-27-10-17(23)32(18)31-20(15)13-5-4-6-14(24)7-13/h4-8,10-12,19H,3H2,1-2H3,(H3,26,28,29,30)/t12?,19-/m1/s1. The van der Waals surface area contributed by atoms with Gasteiger partial charge in [-0.05, 0) is 24.1 Å². The molecule has 4 aromatic rings. The largest absolute Gasteiger partial charge is 0.382 e. The van der Waals surface area contributed by atoms with Crippen LogP contribution in [0.25, 0.3) is 16.9 Å². The van der Waals surface area contributed by atoms with Crippen LogP contribution in [0.4, 0.5) is 16.0 Å². The monoisotopic (exact) mass is 450 g/mol. The summed E-state index contributed by atoms with van der Waals surface area (Å²) in [6.45, 7) is 4.12. The number of imidazole rings is 1. The first kappa shape index (κ1) is 21.5. The van der Waals surface area contributed by atoms with Gasteiger partial charge in [-0.2, -0.15) is 10.4 Å². The molecule has 3 N–H and O–H groups in total. The molecular weight excluding hydrogens is 431 g/mol. The van der Waals surface area contributed by atoms with Gasteiger partial charge in [-0.15, -0.1) is 0 Å². The molecule has 3 heterocycles. The molecule has 3 aromatic heterocycles. The Morgan fingerprint density at radius 1 is 1.28 bits per heavy atom. The Bertz CT molecular complexity index is 1330. The van der Waals surface area contributed by atoms with Crippen molar-refractivity contribution in [3.63, 3.8) is 0 Å². The van der Waals surface area contributed by atoms with Crippen molar-refractivity contribution in [3.8, 4) is 17.3 Å². The van der Waals surface area contributed by atoms with Crippen LogP contribution in [0.1, 0.15) is 37.4 Å². The summed E-state index contributed by atoms with van der Waals surface area (Å²) in [6.07, 6.45) is 3.62. The van der Waals surface area contributed by atoms with Crippen molar-refractivity contribution in [3.05, 3.63) is 65.0 Å². The van der Waals surface area contributed by atoms with E-state index in [1.807, 2.05) is 6.07 Å². The summed E-state index contributed by atoms with van der Waals surface area (Å²) in [5, 5.41) is 17.9. The number of halogens is 2. The van der Waals surface area contributed by atoms with Gasteiger partial charge >= 0.3 is 0 Å². The zero-order valence-electron chi connectivity index (χ0n) is 17.4. The highest BCUT2D eigenvalue weighted by molar-refractivity contribution is 6.29. The fourth-order valence-electron chi connectivity index (χ4n) is 3.53. The van der Waals surface area contributed by atoms with Gasteiger partial charge in [-0.3, -0.25) is 0 Å². The number of anilines is 2. The molecule has 32 heavy (non-hydrogen) atoms. The van der Waals surface area contributed by atoms with E-state index in [0.29, 0.717) is 27.9 Å². The maximum Gasteiger partial charge on any atom is 0.155 e. The van der Waals surface area contributed by atoms with Gasteiger partial charge in [0.25, 0.3) is 0 Å². The summed E-state index contributed by atoms with van der Waals surface area (Å²) in [7, 11) is 0. The molecule has 0 aliphatic rings. The number of nitriles is 1. The van der Waals surface area contributed by atoms with E-state index >= 15 is 0 Å². The molecule has 10 heteroatoms. The molecule has 4 rings (SSSR count). The number of fused-ring (bicyclic) bond motifs is 1. The fourth-order valence-corrected chi connectivity index (χ4v) is 3.70. The van der Waals surface area contributed by atoms with Crippen molar-refractivity contribution in [1.82, 2.24) is 24.6 Å². The Morgan fingerprint density at radius 3 is 2.81 bits per heavy atom. The van der Waals surface area contributed by atoms with Crippen molar-refractivity contribution >= 4 is 28.9 Å². The normalized spacial score (nSPS) is 13.0.